The van der Waals surface area contributed by atoms with E-state index in [9.17, 15) is 0 Å². The van der Waals surface area contributed by atoms with Crippen LogP contribution in [-0.2, 0) is 17.9 Å². The number of aromatic nitrogens is 1. The van der Waals surface area contributed by atoms with E-state index in [0.29, 0.717) is 19.8 Å². The van der Waals surface area contributed by atoms with Gasteiger partial charge in [-0.25, -0.2) is 9.98 Å². The molecular formula is C21H34IN5O2. The van der Waals surface area contributed by atoms with E-state index < -0.39 is 0 Å². The van der Waals surface area contributed by atoms with E-state index in [-0.39, 0.29) is 24.0 Å². The average molecular weight is 515 g/mol. The first kappa shape index (κ1) is 25.2. The van der Waals surface area contributed by atoms with Crippen molar-refractivity contribution >= 4 is 35.8 Å². The van der Waals surface area contributed by atoms with Crippen molar-refractivity contribution in [3.05, 3.63) is 48.0 Å². The van der Waals surface area contributed by atoms with Crippen LogP contribution in [0.1, 0.15) is 38.5 Å². The highest BCUT2D eigenvalue weighted by molar-refractivity contribution is 14.0. The maximum absolute atomic E-state index is 5.59. The van der Waals surface area contributed by atoms with Crippen molar-refractivity contribution in [2.45, 2.75) is 40.3 Å². The summed E-state index contributed by atoms with van der Waals surface area (Å²) in [5.41, 5.74) is 1.09. The molecule has 2 heterocycles. The van der Waals surface area contributed by atoms with Crippen molar-refractivity contribution in [1.29, 1.82) is 0 Å². The molecule has 7 nitrogen and oxygen atoms in total. The molecule has 2 N–H and O–H groups in total. The van der Waals surface area contributed by atoms with E-state index >= 15 is 0 Å². The van der Waals surface area contributed by atoms with Crippen LogP contribution in [0, 0.1) is 0 Å². The number of guanidine groups is 1. The molecule has 0 atom stereocenters. The van der Waals surface area contributed by atoms with Crippen molar-refractivity contribution in [3.8, 4) is 0 Å². The molecule has 0 radical (unpaired) electrons. The number of nitrogens with one attached hydrogen (secondary N) is 2. The fraction of sp³-hybridized carbons (Fsp3) is 0.524. The minimum Gasteiger partial charge on any atom is -0.467 e. The summed E-state index contributed by atoms with van der Waals surface area (Å²) in [5, 5.41) is 6.61. The predicted octanol–water partition coefficient (Wildman–Crippen LogP) is 3.80. The molecule has 2 aromatic heterocycles. The maximum Gasteiger partial charge on any atom is 0.191 e. The maximum atomic E-state index is 5.59. The summed E-state index contributed by atoms with van der Waals surface area (Å²) in [7, 11) is 0. The Morgan fingerprint density at radius 1 is 1.17 bits per heavy atom. The fourth-order valence-corrected chi connectivity index (χ4v) is 2.71. The number of pyridine rings is 1. The van der Waals surface area contributed by atoms with Crippen molar-refractivity contribution in [2.24, 2.45) is 4.99 Å². The molecule has 0 aromatic carbocycles. The molecule has 0 amide bonds. The van der Waals surface area contributed by atoms with Gasteiger partial charge in [0.15, 0.2) is 5.96 Å². The first-order valence-electron chi connectivity index (χ1n) is 10.1. The second-order valence-electron chi connectivity index (χ2n) is 6.30. The third-order valence-corrected chi connectivity index (χ3v) is 4.24. The summed E-state index contributed by atoms with van der Waals surface area (Å²) < 4.78 is 10.8. The molecule has 0 aliphatic rings. The fourth-order valence-electron chi connectivity index (χ4n) is 2.71. The molecule has 0 bridgehead atoms. The van der Waals surface area contributed by atoms with Gasteiger partial charge < -0.3 is 24.7 Å². The summed E-state index contributed by atoms with van der Waals surface area (Å²) >= 11 is 0. The lowest BCUT2D eigenvalue weighted by Crippen LogP contribution is -2.38. The Bertz CT molecular complexity index is 673. The first-order chi connectivity index (χ1) is 13.8. The molecule has 0 aliphatic heterocycles. The van der Waals surface area contributed by atoms with Gasteiger partial charge in [-0.1, -0.05) is 6.07 Å². The van der Waals surface area contributed by atoms with Gasteiger partial charge >= 0.3 is 0 Å². The predicted molar refractivity (Wildman–Crippen MR) is 129 cm³/mol. The topological polar surface area (TPSA) is 74.9 Å². The quantitative estimate of drug-likeness (QED) is 0.194. The third-order valence-electron chi connectivity index (χ3n) is 4.24. The second kappa shape index (κ2) is 15.1. The molecule has 2 aromatic rings. The highest BCUT2D eigenvalue weighted by Gasteiger charge is 2.03. The van der Waals surface area contributed by atoms with Gasteiger partial charge in [-0.15, -0.1) is 24.0 Å². The Morgan fingerprint density at radius 3 is 2.62 bits per heavy atom. The second-order valence-corrected chi connectivity index (χ2v) is 6.30. The van der Waals surface area contributed by atoms with Crippen LogP contribution in [0.4, 0.5) is 5.82 Å². The molecule has 29 heavy (non-hydrogen) atoms. The van der Waals surface area contributed by atoms with Gasteiger partial charge in [0, 0.05) is 39.0 Å². The molecule has 0 spiro atoms. The molecule has 0 saturated heterocycles. The largest absolute Gasteiger partial charge is 0.467 e. The highest BCUT2D eigenvalue weighted by atomic mass is 127. The number of aliphatic imine (C=N–C) groups is 1. The van der Waals surface area contributed by atoms with Crippen molar-refractivity contribution in [2.75, 3.05) is 37.7 Å². The zero-order valence-corrected chi connectivity index (χ0v) is 20.0. The first-order valence-corrected chi connectivity index (χ1v) is 10.1. The van der Waals surface area contributed by atoms with E-state index in [1.807, 2.05) is 18.3 Å². The summed E-state index contributed by atoms with van der Waals surface area (Å²) in [6.07, 6.45) is 4.46. The number of rotatable bonds is 12. The lowest BCUT2D eigenvalue weighted by molar-refractivity contribution is 0.105. The number of hydrogen-bond acceptors (Lipinski definition) is 5. The van der Waals surface area contributed by atoms with E-state index in [1.165, 1.54) is 0 Å². The van der Waals surface area contributed by atoms with Crippen molar-refractivity contribution in [3.63, 3.8) is 0 Å². The SMILES string of the molecule is CCNC(=NCc1ccc(N(CC)CC)nc1)NCCCOCc1ccco1.I. The average Bonchev–Trinajstić information content (AvgIpc) is 3.24. The molecule has 2 rings (SSSR count). The van der Waals surface area contributed by atoms with Gasteiger partial charge in [-0.3, -0.25) is 0 Å². The lowest BCUT2D eigenvalue weighted by atomic mass is 10.3. The molecule has 0 unspecified atom stereocenters. The number of nitrogens with zero attached hydrogens (tertiary/aromatic N) is 3. The van der Waals surface area contributed by atoms with E-state index in [4.69, 9.17) is 9.15 Å². The normalized spacial score (nSPS) is 11.1. The van der Waals surface area contributed by atoms with Crippen LogP contribution in [0.25, 0.3) is 0 Å². The van der Waals surface area contributed by atoms with E-state index in [1.54, 1.807) is 6.26 Å². The summed E-state index contributed by atoms with van der Waals surface area (Å²) in [6, 6.07) is 7.94. The standard InChI is InChI=1S/C21H33N5O2.HI/c1-4-22-21(23-12-8-13-27-17-19-9-7-14-28-19)25-16-18-10-11-20(24-15-18)26(5-2)6-3;/h7,9-11,14-15H,4-6,8,12-13,16-17H2,1-3H3,(H2,22,23,25);1H. The Balaban J connectivity index is 0.00000420. The van der Waals surface area contributed by atoms with Gasteiger partial charge in [0.1, 0.15) is 18.2 Å². The minimum absolute atomic E-state index is 0. The van der Waals surface area contributed by atoms with Crippen molar-refractivity contribution < 1.29 is 9.15 Å². The van der Waals surface area contributed by atoms with Gasteiger partial charge in [0.2, 0.25) is 0 Å². The van der Waals surface area contributed by atoms with Crippen LogP contribution in [0.15, 0.2) is 46.1 Å². The summed E-state index contributed by atoms with van der Waals surface area (Å²) in [5.74, 6) is 2.67. The molecule has 0 aliphatic carbocycles. The zero-order valence-electron chi connectivity index (χ0n) is 17.7. The Kier molecular flexibility index (Phi) is 13.1. The highest BCUT2D eigenvalue weighted by Crippen LogP contribution is 2.11. The number of halogens is 1. The smallest absolute Gasteiger partial charge is 0.191 e. The van der Waals surface area contributed by atoms with Crippen molar-refractivity contribution in [1.82, 2.24) is 15.6 Å². The zero-order chi connectivity index (χ0) is 20.0. The molecule has 8 heteroatoms. The lowest BCUT2D eigenvalue weighted by Gasteiger charge is -2.19. The van der Waals surface area contributed by atoms with Gasteiger partial charge in [-0.05, 0) is 51.0 Å². The van der Waals surface area contributed by atoms with E-state index in [0.717, 1.165) is 55.7 Å². The molecule has 0 fully saturated rings. The Labute approximate surface area is 191 Å². The molecular weight excluding hydrogens is 481 g/mol. The van der Waals surface area contributed by atoms with Crippen LogP contribution >= 0.6 is 24.0 Å². The van der Waals surface area contributed by atoms with Crippen LogP contribution < -0.4 is 15.5 Å². The number of furan rings is 1. The van der Waals surface area contributed by atoms with E-state index in [2.05, 4.69) is 58.4 Å². The van der Waals surface area contributed by atoms with Crippen LogP contribution in [0.3, 0.4) is 0 Å². The van der Waals surface area contributed by atoms with Gasteiger partial charge in [0.25, 0.3) is 0 Å². The van der Waals surface area contributed by atoms with Gasteiger partial charge in [-0.2, -0.15) is 0 Å². The Hall–Kier alpha value is -1.81. The summed E-state index contributed by atoms with van der Waals surface area (Å²) in [6.45, 7) is 11.6. The third kappa shape index (κ3) is 9.49. The number of anilines is 1. The number of ether oxygens (including phenoxy) is 1. The Morgan fingerprint density at radius 2 is 2.00 bits per heavy atom. The minimum atomic E-state index is 0. The van der Waals surface area contributed by atoms with Crippen LogP contribution in [-0.4, -0.2) is 43.7 Å². The van der Waals surface area contributed by atoms with Gasteiger partial charge in [0.05, 0.1) is 12.8 Å². The molecule has 162 valence electrons. The van der Waals surface area contributed by atoms with Crippen LogP contribution in [0.2, 0.25) is 0 Å². The number of hydrogen-bond donors (Lipinski definition) is 2. The molecule has 0 saturated carbocycles. The summed E-state index contributed by atoms with van der Waals surface area (Å²) in [4.78, 5) is 11.4. The van der Waals surface area contributed by atoms with Crippen LogP contribution in [0.5, 0.6) is 0 Å². The monoisotopic (exact) mass is 515 g/mol.